The van der Waals surface area contributed by atoms with Crippen molar-refractivity contribution in [2.24, 2.45) is 0 Å². The average molecular weight is 302 g/mol. The largest absolute Gasteiger partial charge is 0.393 e. The van der Waals surface area contributed by atoms with E-state index in [4.69, 9.17) is 0 Å². The monoisotopic (exact) mass is 302 g/mol. The van der Waals surface area contributed by atoms with Crippen LogP contribution < -0.4 is 0 Å². The molecule has 0 saturated heterocycles. The number of hydrogen-bond donors (Lipinski definition) is 0. The van der Waals surface area contributed by atoms with Crippen LogP contribution in [0.4, 0.5) is 0 Å². The van der Waals surface area contributed by atoms with Gasteiger partial charge in [-0.3, -0.25) is 9.59 Å². The summed E-state index contributed by atoms with van der Waals surface area (Å²) in [4.78, 5) is 24.5. The van der Waals surface area contributed by atoms with Crippen molar-refractivity contribution in [2.75, 3.05) is 14.1 Å². The molecule has 0 fully saturated rings. The quantitative estimate of drug-likeness (QED) is 0.629. The Morgan fingerprint density at radius 1 is 1.23 bits per heavy atom. The molecule has 0 saturated carbocycles. The number of fused-ring (bicyclic) bond motifs is 1. The van der Waals surface area contributed by atoms with E-state index in [1.807, 2.05) is 26.2 Å². The summed E-state index contributed by atoms with van der Waals surface area (Å²) < 4.78 is 6.72. The Kier molecular flexibility index (Phi) is 4.98. The minimum absolute atomic E-state index is 0.181. The first kappa shape index (κ1) is 16.2. The van der Waals surface area contributed by atoms with E-state index in [0.717, 1.165) is 17.8 Å². The number of benzene rings is 1. The van der Waals surface area contributed by atoms with E-state index in [0.29, 0.717) is 6.54 Å². The van der Waals surface area contributed by atoms with E-state index in [1.54, 1.807) is 0 Å². The first-order chi connectivity index (χ1) is 10.4. The molecule has 0 spiro atoms. The summed E-state index contributed by atoms with van der Waals surface area (Å²) >= 11 is 0. The highest BCUT2D eigenvalue weighted by atomic mass is 16.6. The van der Waals surface area contributed by atoms with Gasteiger partial charge in [0.1, 0.15) is 0 Å². The average Bonchev–Trinajstić information content (AvgIpc) is 2.69. The van der Waals surface area contributed by atoms with E-state index in [-0.39, 0.29) is 6.42 Å². The molecule has 0 atom stereocenters. The fraction of sp³-hybridized carbons (Fsp3) is 0.412. The fourth-order valence-electron chi connectivity index (χ4n) is 2.72. The molecule has 0 unspecified atom stereocenters. The Balaban J connectivity index is 2.31. The Labute approximate surface area is 130 Å². The van der Waals surface area contributed by atoms with Gasteiger partial charge in [-0.2, -0.15) is 0 Å². The molecule has 118 valence electrons. The molecule has 0 aliphatic rings. The highest BCUT2D eigenvalue weighted by Crippen LogP contribution is 2.27. The normalized spacial score (nSPS) is 11.1. The number of ether oxygens (including phenoxy) is 1. The maximum atomic E-state index is 11.6. The van der Waals surface area contributed by atoms with E-state index in [1.165, 1.54) is 17.9 Å². The third kappa shape index (κ3) is 3.54. The van der Waals surface area contributed by atoms with Crippen molar-refractivity contribution >= 4 is 22.8 Å². The van der Waals surface area contributed by atoms with Crippen LogP contribution in [-0.2, 0) is 27.4 Å². The number of rotatable bonds is 5. The topological polar surface area (TPSA) is 51.5 Å². The molecule has 1 heterocycles. The third-order valence-electron chi connectivity index (χ3n) is 3.63. The summed E-state index contributed by atoms with van der Waals surface area (Å²) in [5.74, 6) is -1.05. The number of aryl methyl sites for hydroxylation is 1. The van der Waals surface area contributed by atoms with E-state index in [9.17, 15) is 9.59 Å². The summed E-state index contributed by atoms with van der Waals surface area (Å²) in [6, 6.07) is 8.17. The highest BCUT2D eigenvalue weighted by Gasteiger charge is 2.15. The standard InChI is InChI=1S/C17H22N2O3/c1-12-15(11-18(3)4)14-7-5-6-8-16(14)19(12)10-9-17(21)22-13(2)20/h5-8H,9-11H2,1-4H3. The molecular formula is C17H22N2O3. The van der Waals surface area contributed by atoms with Gasteiger partial charge in [0.2, 0.25) is 0 Å². The van der Waals surface area contributed by atoms with Crippen LogP contribution in [0.15, 0.2) is 24.3 Å². The predicted octanol–water partition coefficient (Wildman–Crippen LogP) is 2.49. The zero-order chi connectivity index (χ0) is 16.3. The zero-order valence-corrected chi connectivity index (χ0v) is 13.5. The first-order valence-corrected chi connectivity index (χ1v) is 7.33. The van der Waals surface area contributed by atoms with Crippen molar-refractivity contribution in [1.29, 1.82) is 0 Å². The van der Waals surface area contributed by atoms with Gasteiger partial charge < -0.3 is 14.2 Å². The molecular weight excluding hydrogens is 280 g/mol. The van der Waals surface area contributed by atoms with Crippen molar-refractivity contribution in [3.05, 3.63) is 35.5 Å². The number of aromatic nitrogens is 1. The molecule has 5 nitrogen and oxygen atoms in total. The molecule has 5 heteroatoms. The second-order valence-corrected chi connectivity index (χ2v) is 5.69. The third-order valence-corrected chi connectivity index (χ3v) is 3.63. The van der Waals surface area contributed by atoms with Crippen LogP contribution in [0.3, 0.4) is 0 Å². The lowest BCUT2D eigenvalue weighted by molar-refractivity contribution is -0.158. The smallest absolute Gasteiger partial charge is 0.315 e. The molecule has 2 rings (SSSR count). The highest BCUT2D eigenvalue weighted by molar-refractivity contribution is 5.86. The van der Waals surface area contributed by atoms with Gasteiger partial charge in [-0.05, 0) is 32.6 Å². The molecule has 0 N–H and O–H groups in total. The van der Waals surface area contributed by atoms with Crippen molar-refractivity contribution in [3.8, 4) is 0 Å². The Morgan fingerprint density at radius 2 is 1.91 bits per heavy atom. The molecule has 2 aromatic rings. The van der Waals surface area contributed by atoms with E-state index in [2.05, 4.69) is 33.3 Å². The van der Waals surface area contributed by atoms with Gasteiger partial charge >= 0.3 is 11.9 Å². The van der Waals surface area contributed by atoms with Crippen LogP contribution in [-0.4, -0.2) is 35.5 Å². The molecule has 0 radical (unpaired) electrons. The second-order valence-electron chi connectivity index (χ2n) is 5.69. The predicted molar refractivity (Wildman–Crippen MR) is 85.5 cm³/mol. The molecule has 0 aliphatic carbocycles. The van der Waals surface area contributed by atoms with E-state index < -0.39 is 11.9 Å². The van der Waals surface area contributed by atoms with Crippen LogP contribution in [0.2, 0.25) is 0 Å². The van der Waals surface area contributed by atoms with Gasteiger partial charge in [-0.1, -0.05) is 18.2 Å². The number of carbonyl (C=O) groups excluding carboxylic acids is 2. The number of hydrogen-bond acceptors (Lipinski definition) is 4. The minimum atomic E-state index is -0.563. The van der Waals surface area contributed by atoms with Gasteiger partial charge in [0.15, 0.2) is 0 Å². The van der Waals surface area contributed by atoms with Crippen molar-refractivity contribution in [1.82, 2.24) is 9.47 Å². The summed E-state index contributed by atoms with van der Waals surface area (Å²) in [5.41, 5.74) is 3.51. The minimum Gasteiger partial charge on any atom is -0.393 e. The summed E-state index contributed by atoms with van der Waals surface area (Å²) in [7, 11) is 4.07. The molecule has 22 heavy (non-hydrogen) atoms. The Hall–Kier alpha value is -2.14. The van der Waals surface area contributed by atoms with Gasteiger partial charge in [-0.15, -0.1) is 0 Å². The van der Waals surface area contributed by atoms with Crippen molar-refractivity contribution in [2.45, 2.75) is 33.4 Å². The summed E-state index contributed by atoms with van der Waals surface area (Å²) in [6.45, 7) is 4.65. The van der Waals surface area contributed by atoms with Gasteiger partial charge in [0, 0.05) is 36.6 Å². The van der Waals surface area contributed by atoms with Gasteiger partial charge in [-0.25, -0.2) is 0 Å². The maximum Gasteiger partial charge on any atom is 0.315 e. The lowest BCUT2D eigenvalue weighted by atomic mass is 10.1. The number of esters is 2. The molecule has 1 aromatic carbocycles. The van der Waals surface area contributed by atoms with Crippen LogP contribution in [0.5, 0.6) is 0 Å². The molecule has 0 aliphatic heterocycles. The second kappa shape index (κ2) is 6.75. The van der Waals surface area contributed by atoms with E-state index >= 15 is 0 Å². The maximum absolute atomic E-state index is 11.6. The number of carbonyl (C=O) groups is 2. The van der Waals surface area contributed by atoms with Crippen molar-refractivity contribution < 1.29 is 14.3 Å². The zero-order valence-electron chi connectivity index (χ0n) is 13.5. The lowest BCUT2D eigenvalue weighted by Gasteiger charge is -2.11. The molecule has 0 bridgehead atoms. The summed E-state index contributed by atoms with van der Waals surface area (Å²) in [6.07, 6.45) is 0.181. The number of nitrogens with zero attached hydrogens (tertiary/aromatic N) is 2. The van der Waals surface area contributed by atoms with Crippen molar-refractivity contribution in [3.63, 3.8) is 0 Å². The lowest BCUT2D eigenvalue weighted by Crippen LogP contribution is -2.14. The van der Waals surface area contributed by atoms with Gasteiger partial charge in [0.05, 0.1) is 6.42 Å². The number of para-hydroxylation sites is 1. The SMILES string of the molecule is CC(=O)OC(=O)CCn1c(C)c(CN(C)C)c2ccccc21. The van der Waals surface area contributed by atoms with Crippen LogP contribution in [0.1, 0.15) is 24.6 Å². The molecule has 0 amide bonds. The van der Waals surface area contributed by atoms with Crippen LogP contribution in [0.25, 0.3) is 10.9 Å². The Morgan fingerprint density at radius 3 is 2.55 bits per heavy atom. The molecule has 1 aromatic heterocycles. The van der Waals surface area contributed by atoms with Crippen LogP contribution in [0, 0.1) is 6.92 Å². The first-order valence-electron chi connectivity index (χ1n) is 7.33. The fourth-order valence-corrected chi connectivity index (χ4v) is 2.72. The Bertz CT molecular complexity index is 701. The van der Waals surface area contributed by atoms with Crippen LogP contribution >= 0.6 is 0 Å². The summed E-state index contributed by atoms with van der Waals surface area (Å²) in [5, 5.41) is 1.20. The van der Waals surface area contributed by atoms with Gasteiger partial charge in [0.25, 0.3) is 0 Å².